The molecule has 0 aromatic heterocycles. The quantitative estimate of drug-likeness (QED) is 0.194. The summed E-state index contributed by atoms with van der Waals surface area (Å²) in [6.45, 7) is -0.176. The molecule has 0 unspecified atom stereocenters. The molecule has 0 spiro atoms. The third-order valence-electron chi connectivity index (χ3n) is 4.64. The number of hydrogen-bond donors (Lipinski definition) is 1. The van der Waals surface area contributed by atoms with Gasteiger partial charge in [-0.25, -0.2) is 14.6 Å². The molecule has 4 aromatic rings. The summed E-state index contributed by atoms with van der Waals surface area (Å²) in [5.41, 5.74) is 3.19. The van der Waals surface area contributed by atoms with Crippen molar-refractivity contribution in [2.24, 2.45) is 5.10 Å². The van der Waals surface area contributed by atoms with Crippen molar-refractivity contribution in [3.05, 3.63) is 108 Å². The van der Waals surface area contributed by atoms with Crippen LogP contribution >= 0.6 is 0 Å². The highest BCUT2D eigenvalue weighted by Gasteiger charge is 2.09. The van der Waals surface area contributed by atoms with Gasteiger partial charge in [-0.2, -0.15) is 5.10 Å². The van der Waals surface area contributed by atoms with E-state index in [1.165, 1.54) is 24.4 Å². The summed E-state index contributed by atoms with van der Waals surface area (Å²) >= 11 is 0. The molecule has 0 fully saturated rings. The van der Waals surface area contributed by atoms with E-state index in [1.54, 1.807) is 24.3 Å². The second-order valence-corrected chi connectivity index (χ2v) is 7.06. The predicted molar refractivity (Wildman–Crippen MR) is 123 cm³/mol. The highest BCUT2D eigenvalue weighted by atomic mass is 19.1. The number of ether oxygens (including phenoxy) is 2. The van der Waals surface area contributed by atoms with Gasteiger partial charge in [0.15, 0.2) is 6.61 Å². The first kappa shape index (κ1) is 21.7. The molecule has 0 atom stereocenters. The Bertz CT molecular complexity index is 1320. The van der Waals surface area contributed by atoms with Crippen LogP contribution in [0.5, 0.6) is 11.5 Å². The number of nitrogens with one attached hydrogen (secondary N) is 1. The average molecular weight is 442 g/mol. The molecule has 4 aromatic carbocycles. The predicted octanol–water partition coefficient (Wildman–Crippen LogP) is 4.73. The van der Waals surface area contributed by atoms with E-state index < -0.39 is 17.7 Å². The highest BCUT2D eigenvalue weighted by molar-refractivity contribution is 5.91. The van der Waals surface area contributed by atoms with Gasteiger partial charge in [-0.15, -0.1) is 0 Å². The molecule has 0 saturated carbocycles. The zero-order valence-corrected chi connectivity index (χ0v) is 17.4. The minimum absolute atomic E-state index is 0.120. The number of fused-ring (bicyclic) bond motifs is 1. The fourth-order valence-electron chi connectivity index (χ4n) is 3.02. The van der Waals surface area contributed by atoms with Crippen LogP contribution in [0.3, 0.4) is 0 Å². The first-order chi connectivity index (χ1) is 16.1. The van der Waals surface area contributed by atoms with Crippen LogP contribution in [0, 0.1) is 5.82 Å². The summed E-state index contributed by atoms with van der Waals surface area (Å²) in [5, 5.41) is 6.02. The molecule has 164 valence electrons. The fourth-order valence-corrected chi connectivity index (χ4v) is 3.02. The number of halogens is 1. The smallest absolute Gasteiger partial charge is 0.343 e. The topological polar surface area (TPSA) is 77.0 Å². The van der Waals surface area contributed by atoms with Gasteiger partial charge < -0.3 is 9.47 Å². The monoisotopic (exact) mass is 442 g/mol. The number of nitrogens with zero attached hydrogens (tertiary/aromatic N) is 1. The SMILES string of the molecule is O=C(COc1ccc2ccccc2c1)N/N=C/c1ccc(OC(=O)c2cccc(F)c2)cc1. The van der Waals surface area contributed by atoms with Crippen molar-refractivity contribution in [2.75, 3.05) is 6.61 Å². The maximum absolute atomic E-state index is 13.2. The van der Waals surface area contributed by atoms with Gasteiger partial charge in [0, 0.05) is 0 Å². The molecular weight excluding hydrogens is 423 g/mol. The summed E-state index contributed by atoms with van der Waals surface area (Å²) in [6, 6.07) is 25.2. The number of carbonyl (C=O) groups excluding carboxylic acids is 2. The Kier molecular flexibility index (Phi) is 6.70. The normalized spacial score (nSPS) is 10.8. The minimum atomic E-state index is -0.658. The lowest BCUT2D eigenvalue weighted by Crippen LogP contribution is -2.24. The van der Waals surface area contributed by atoms with E-state index in [1.807, 2.05) is 42.5 Å². The zero-order valence-electron chi connectivity index (χ0n) is 17.4. The minimum Gasteiger partial charge on any atom is -0.484 e. The van der Waals surface area contributed by atoms with Gasteiger partial charge >= 0.3 is 5.97 Å². The number of benzene rings is 4. The number of esters is 1. The zero-order chi connectivity index (χ0) is 23.0. The molecule has 0 heterocycles. The van der Waals surface area contributed by atoms with Crippen LogP contribution in [0.25, 0.3) is 10.8 Å². The van der Waals surface area contributed by atoms with E-state index in [4.69, 9.17) is 9.47 Å². The summed E-state index contributed by atoms with van der Waals surface area (Å²) in [5.74, 6) is -0.680. The van der Waals surface area contributed by atoms with E-state index >= 15 is 0 Å². The Hall–Kier alpha value is -4.52. The lowest BCUT2D eigenvalue weighted by atomic mass is 10.1. The molecule has 1 amide bonds. The maximum Gasteiger partial charge on any atom is 0.343 e. The molecular formula is C26H19FN2O4. The number of amides is 1. The first-order valence-electron chi connectivity index (χ1n) is 10.1. The Balaban J connectivity index is 1.25. The Morgan fingerprint density at radius 1 is 0.848 bits per heavy atom. The van der Waals surface area contributed by atoms with Crippen molar-refractivity contribution in [3.63, 3.8) is 0 Å². The second-order valence-electron chi connectivity index (χ2n) is 7.06. The van der Waals surface area contributed by atoms with E-state index in [0.29, 0.717) is 17.1 Å². The van der Waals surface area contributed by atoms with E-state index in [-0.39, 0.29) is 12.2 Å². The number of hydrogen-bond acceptors (Lipinski definition) is 5. The van der Waals surface area contributed by atoms with Crippen LogP contribution in [0.15, 0.2) is 96.1 Å². The highest BCUT2D eigenvalue weighted by Crippen LogP contribution is 2.20. The van der Waals surface area contributed by atoms with Gasteiger partial charge in [0.2, 0.25) is 0 Å². The van der Waals surface area contributed by atoms with E-state index in [9.17, 15) is 14.0 Å². The number of carbonyl (C=O) groups is 2. The van der Waals surface area contributed by atoms with Crippen molar-refractivity contribution < 1.29 is 23.5 Å². The van der Waals surface area contributed by atoms with E-state index in [2.05, 4.69) is 10.5 Å². The molecule has 0 aliphatic rings. The summed E-state index contributed by atoms with van der Waals surface area (Å²) in [7, 11) is 0. The molecule has 6 nitrogen and oxygen atoms in total. The molecule has 0 bridgehead atoms. The first-order valence-corrected chi connectivity index (χ1v) is 10.1. The second kappa shape index (κ2) is 10.2. The third-order valence-corrected chi connectivity index (χ3v) is 4.64. The lowest BCUT2D eigenvalue weighted by molar-refractivity contribution is -0.123. The molecule has 0 radical (unpaired) electrons. The number of hydrazone groups is 1. The van der Waals surface area contributed by atoms with Crippen LogP contribution < -0.4 is 14.9 Å². The molecule has 0 aliphatic carbocycles. The maximum atomic E-state index is 13.2. The Labute approximate surface area is 189 Å². The van der Waals surface area contributed by atoms with Crippen molar-refractivity contribution in [1.82, 2.24) is 5.43 Å². The number of rotatable bonds is 7. The molecule has 0 saturated heterocycles. The van der Waals surface area contributed by atoms with Crippen LogP contribution in [0.1, 0.15) is 15.9 Å². The van der Waals surface area contributed by atoms with Crippen molar-refractivity contribution >= 4 is 28.9 Å². The Morgan fingerprint density at radius 2 is 1.61 bits per heavy atom. The van der Waals surface area contributed by atoms with Gasteiger partial charge in [0.25, 0.3) is 5.91 Å². The van der Waals surface area contributed by atoms with Gasteiger partial charge in [0.05, 0.1) is 11.8 Å². The van der Waals surface area contributed by atoms with Crippen molar-refractivity contribution in [1.29, 1.82) is 0 Å². The molecule has 33 heavy (non-hydrogen) atoms. The van der Waals surface area contributed by atoms with Crippen LogP contribution in [0.4, 0.5) is 4.39 Å². The van der Waals surface area contributed by atoms with Gasteiger partial charge in [-0.05, 0) is 70.9 Å². The largest absolute Gasteiger partial charge is 0.484 e. The van der Waals surface area contributed by atoms with E-state index in [0.717, 1.165) is 16.8 Å². The van der Waals surface area contributed by atoms with Crippen molar-refractivity contribution in [2.45, 2.75) is 0 Å². The summed E-state index contributed by atoms with van der Waals surface area (Å²) in [6.07, 6.45) is 1.45. The van der Waals surface area contributed by atoms with Crippen LogP contribution in [-0.2, 0) is 4.79 Å². The van der Waals surface area contributed by atoms with Crippen molar-refractivity contribution in [3.8, 4) is 11.5 Å². The fraction of sp³-hybridized carbons (Fsp3) is 0.0385. The van der Waals surface area contributed by atoms with Crippen LogP contribution in [-0.4, -0.2) is 24.7 Å². The molecule has 0 aliphatic heterocycles. The third kappa shape index (κ3) is 6.01. The molecule has 4 rings (SSSR count). The molecule has 1 N–H and O–H groups in total. The lowest BCUT2D eigenvalue weighted by Gasteiger charge is -2.06. The van der Waals surface area contributed by atoms with Gasteiger partial charge in [-0.3, -0.25) is 4.79 Å². The van der Waals surface area contributed by atoms with Gasteiger partial charge in [-0.1, -0.05) is 36.4 Å². The Morgan fingerprint density at radius 3 is 2.39 bits per heavy atom. The van der Waals surface area contributed by atoms with Gasteiger partial charge in [0.1, 0.15) is 17.3 Å². The van der Waals surface area contributed by atoms with Crippen LogP contribution in [0.2, 0.25) is 0 Å². The standard InChI is InChI=1S/C26H19FN2O4/c27-22-7-3-6-21(14-22)26(31)33-23-11-8-18(9-12-23)16-28-29-25(30)17-32-24-13-10-19-4-1-2-5-20(19)15-24/h1-16H,17H2,(H,29,30)/b28-16+. The average Bonchev–Trinajstić information content (AvgIpc) is 2.83. The summed E-state index contributed by atoms with van der Waals surface area (Å²) in [4.78, 5) is 24.0. The molecule has 7 heteroatoms. The summed E-state index contributed by atoms with van der Waals surface area (Å²) < 4.78 is 24.0.